The van der Waals surface area contributed by atoms with Crippen LogP contribution in [0.5, 0.6) is 0 Å². The van der Waals surface area contributed by atoms with Crippen molar-refractivity contribution in [2.45, 2.75) is 53.4 Å². The van der Waals surface area contributed by atoms with Gasteiger partial charge in [-0.25, -0.2) is 0 Å². The Kier molecular flexibility index (Phi) is 7.54. The first kappa shape index (κ1) is 13.5. The summed E-state index contributed by atoms with van der Waals surface area (Å²) in [6, 6.07) is 0. The van der Waals surface area contributed by atoms with E-state index in [2.05, 4.69) is 33.0 Å². The summed E-state index contributed by atoms with van der Waals surface area (Å²) in [5.74, 6) is 1.02. The van der Waals surface area contributed by atoms with Crippen LogP contribution in [0.3, 0.4) is 0 Å². The van der Waals surface area contributed by atoms with Crippen molar-refractivity contribution in [1.82, 2.24) is 5.32 Å². The highest BCUT2D eigenvalue weighted by Gasteiger charge is 2.15. The van der Waals surface area contributed by atoms with E-state index >= 15 is 0 Å². The standard InChI is InChI=1S/C12H25NO/c1-5-7-8-11(6-2)12(14)13-9-10(3)4/h10-11H,5-9H2,1-4H3,(H,13,14). The Labute approximate surface area is 88.5 Å². The van der Waals surface area contributed by atoms with Crippen molar-refractivity contribution in [2.75, 3.05) is 6.54 Å². The van der Waals surface area contributed by atoms with E-state index < -0.39 is 0 Å². The van der Waals surface area contributed by atoms with E-state index in [1.165, 1.54) is 6.42 Å². The van der Waals surface area contributed by atoms with Crippen molar-refractivity contribution >= 4 is 5.91 Å². The molecule has 0 spiro atoms. The minimum absolute atomic E-state index is 0.230. The van der Waals surface area contributed by atoms with Crippen LogP contribution in [0.2, 0.25) is 0 Å². The molecule has 0 aromatic rings. The zero-order valence-electron chi connectivity index (χ0n) is 10.1. The molecule has 1 atom stereocenters. The van der Waals surface area contributed by atoms with Crippen LogP contribution >= 0.6 is 0 Å². The van der Waals surface area contributed by atoms with Crippen molar-refractivity contribution in [3.8, 4) is 0 Å². The monoisotopic (exact) mass is 199 g/mol. The Morgan fingerprint density at radius 2 is 1.93 bits per heavy atom. The summed E-state index contributed by atoms with van der Waals surface area (Å²) in [4.78, 5) is 11.7. The molecule has 0 aliphatic carbocycles. The second kappa shape index (κ2) is 7.84. The van der Waals surface area contributed by atoms with Gasteiger partial charge in [-0.05, 0) is 18.8 Å². The number of amides is 1. The second-order valence-corrected chi connectivity index (χ2v) is 4.39. The Balaban J connectivity index is 3.79. The van der Waals surface area contributed by atoms with Crippen LogP contribution in [0.15, 0.2) is 0 Å². The molecule has 1 unspecified atom stereocenters. The molecule has 0 saturated heterocycles. The molecule has 1 N–H and O–H groups in total. The van der Waals surface area contributed by atoms with Crippen molar-refractivity contribution in [3.63, 3.8) is 0 Å². The molecule has 2 heteroatoms. The zero-order valence-corrected chi connectivity index (χ0v) is 10.1. The summed E-state index contributed by atoms with van der Waals surface area (Å²) in [5, 5.41) is 3.00. The van der Waals surface area contributed by atoms with Gasteiger partial charge in [0.1, 0.15) is 0 Å². The number of unbranched alkanes of at least 4 members (excludes halogenated alkanes) is 1. The van der Waals surface area contributed by atoms with Gasteiger partial charge in [-0.2, -0.15) is 0 Å². The quantitative estimate of drug-likeness (QED) is 0.671. The van der Waals surface area contributed by atoms with E-state index in [0.717, 1.165) is 25.8 Å². The van der Waals surface area contributed by atoms with Gasteiger partial charge in [-0.3, -0.25) is 4.79 Å². The Morgan fingerprint density at radius 1 is 1.29 bits per heavy atom. The molecule has 14 heavy (non-hydrogen) atoms. The van der Waals surface area contributed by atoms with Crippen molar-refractivity contribution in [3.05, 3.63) is 0 Å². The SMILES string of the molecule is CCCCC(CC)C(=O)NCC(C)C. The molecule has 84 valence electrons. The highest BCUT2D eigenvalue weighted by molar-refractivity contribution is 5.78. The molecule has 0 aromatic carbocycles. The Morgan fingerprint density at radius 3 is 2.36 bits per heavy atom. The lowest BCUT2D eigenvalue weighted by atomic mass is 9.98. The third kappa shape index (κ3) is 6.01. The van der Waals surface area contributed by atoms with E-state index in [1.54, 1.807) is 0 Å². The van der Waals surface area contributed by atoms with Gasteiger partial charge in [0.25, 0.3) is 0 Å². The topological polar surface area (TPSA) is 29.1 Å². The minimum atomic E-state index is 0.230. The fraction of sp³-hybridized carbons (Fsp3) is 0.917. The third-order valence-corrected chi connectivity index (χ3v) is 2.45. The Hall–Kier alpha value is -0.530. The largest absolute Gasteiger partial charge is 0.356 e. The van der Waals surface area contributed by atoms with Crippen LogP contribution in [0.1, 0.15) is 53.4 Å². The molecule has 0 rings (SSSR count). The average Bonchev–Trinajstić information content (AvgIpc) is 2.16. The van der Waals surface area contributed by atoms with Gasteiger partial charge in [-0.15, -0.1) is 0 Å². The van der Waals surface area contributed by atoms with Gasteiger partial charge in [0.15, 0.2) is 0 Å². The summed E-state index contributed by atoms with van der Waals surface area (Å²) in [6.45, 7) is 9.30. The maximum Gasteiger partial charge on any atom is 0.223 e. The summed E-state index contributed by atoms with van der Waals surface area (Å²) >= 11 is 0. The van der Waals surface area contributed by atoms with Crippen molar-refractivity contribution < 1.29 is 4.79 Å². The highest BCUT2D eigenvalue weighted by Crippen LogP contribution is 2.12. The van der Waals surface area contributed by atoms with Crippen LogP contribution in [0.4, 0.5) is 0 Å². The number of rotatable bonds is 7. The fourth-order valence-corrected chi connectivity index (χ4v) is 1.42. The third-order valence-electron chi connectivity index (χ3n) is 2.45. The van der Waals surface area contributed by atoms with Gasteiger partial charge >= 0.3 is 0 Å². The molecule has 0 radical (unpaired) electrons. The number of hydrogen-bond donors (Lipinski definition) is 1. The van der Waals surface area contributed by atoms with E-state index in [0.29, 0.717) is 5.92 Å². The van der Waals surface area contributed by atoms with Crippen LogP contribution < -0.4 is 5.32 Å². The van der Waals surface area contributed by atoms with Gasteiger partial charge in [0, 0.05) is 12.5 Å². The molecule has 0 aromatic heterocycles. The summed E-state index contributed by atoms with van der Waals surface area (Å²) in [5.41, 5.74) is 0. The normalized spacial score (nSPS) is 12.9. The molecule has 0 heterocycles. The lowest BCUT2D eigenvalue weighted by Gasteiger charge is -2.15. The van der Waals surface area contributed by atoms with Crippen LogP contribution in [-0.2, 0) is 4.79 Å². The van der Waals surface area contributed by atoms with Gasteiger partial charge in [0.2, 0.25) is 5.91 Å². The van der Waals surface area contributed by atoms with E-state index in [4.69, 9.17) is 0 Å². The molecule has 1 amide bonds. The number of nitrogens with one attached hydrogen (secondary N) is 1. The first-order valence-corrected chi connectivity index (χ1v) is 5.89. The number of carbonyl (C=O) groups is 1. The van der Waals surface area contributed by atoms with Crippen LogP contribution in [0, 0.1) is 11.8 Å². The molecule has 0 fully saturated rings. The first-order valence-electron chi connectivity index (χ1n) is 5.89. The summed E-state index contributed by atoms with van der Waals surface area (Å²) in [7, 11) is 0. The van der Waals surface area contributed by atoms with Crippen molar-refractivity contribution in [1.29, 1.82) is 0 Å². The molecule has 0 saturated carbocycles. The predicted octanol–water partition coefficient (Wildman–Crippen LogP) is 2.98. The van der Waals surface area contributed by atoms with Gasteiger partial charge in [0.05, 0.1) is 0 Å². The molecular weight excluding hydrogens is 174 g/mol. The second-order valence-electron chi connectivity index (χ2n) is 4.39. The maximum absolute atomic E-state index is 11.7. The van der Waals surface area contributed by atoms with E-state index in [9.17, 15) is 4.79 Å². The molecule has 2 nitrogen and oxygen atoms in total. The zero-order chi connectivity index (χ0) is 11.0. The van der Waals surface area contributed by atoms with E-state index in [-0.39, 0.29) is 11.8 Å². The van der Waals surface area contributed by atoms with Gasteiger partial charge in [-0.1, -0.05) is 40.5 Å². The fourth-order valence-electron chi connectivity index (χ4n) is 1.42. The van der Waals surface area contributed by atoms with Crippen LogP contribution in [-0.4, -0.2) is 12.5 Å². The van der Waals surface area contributed by atoms with Crippen LogP contribution in [0.25, 0.3) is 0 Å². The Bertz CT molecular complexity index is 154. The number of carbonyl (C=O) groups excluding carboxylic acids is 1. The molecule has 0 aliphatic rings. The van der Waals surface area contributed by atoms with Crippen molar-refractivity contribution in [2.24, 2.45) is 11.8 Å². The molecule has 0 aliphatic heterocycles. The molecular formula is C12H25NO. The average molecular weight is 199 g/mol. The minimum Gasteiger partial charge on any atom is -0.356 e. The first-order chi connectivity index (χ1) is 6.61. The maximum atomic E-state index is 11.7. The lowest BCUT2D eigenvalue weighted by molar-refractivity contribution is -0.125. The van der Waals surface area contributed by atoms with E-state index in [1.807, 2.05) is 0 Å². The summed E-state index contributed by atoms with van der Waals surface area (Å²) in [6.07, 6.45) is 4.34. The molecule has 0 bridgehead atoms. The highest BCUT2D eigenvalue weighted by atomic mass is 16.1. The predicted molar refractivity (Wildman–Crippen MR) is 61.2 cm³/mol. The summed E-state index contributed by atoms with van der Waals surface area (Å²) < 4.78 is 0. The van der Waals surface area contributed by atoms with Gasteiger partial charge < -0.3 is 5.32 Å². The number of hydrogen-bond acceptors (Lipinski definition) is 1. The lowest BCUT2D eigenvalue weighted by Crippen LogP contribution is -2.33. The smallest absolute Gasteiger partial charge is 0.223 e.